The molecule has 0 unspecified atom stereocenters. The number of nitrogens with zero attached hydrogens (tertiary/aromatic N) is 1. The number of halogens is 1. The molecule has 0 fully saturated rings. The van der Waals surface area contributed by atoms with Crippen LogP contribution < -0.4 is 16.0 Å². The van der Waals surface area contributed by atoms with Gasteiger partial charge in [-0.3, -0.25) is 4.79 Å². The number of rotatable bonds is 7. The first-order valence-corrected chi connectivity index (χ1v) is 8.70. The first-order valence-electron chi connectivity index (χ1n) is 8.70. The number of hydrogen-bond acceptors (Lipinski definition) is 2. The van der Waals surface area contributed by atoms with Crippen LogP contribution in [0.1, 0.15) is 25.0 Å². The Morgan fingerprint density at radius 3 is 2.27 bits per heavy atom. The van der Waals surface area contributed by atoms with Gasteiger partial charge in [0.15, 0.2) is 5.96 Å². The van der Waals surface area contributed by atoms with Gasteiger partial charge in [0.05, 0.1) is 6.54 Å². The van der Waals surface area contributed by atoms with Gasteiger partial charge in [-0.25, -0.2) is 9.38 Å². The van der Waals surface area contributed by atoms with E-state index in [1.807, 2.05) is 31.2 Å². The van der Waals surface area contributed by atoms with Crippen molar-refractivity contribution in [2.75, 3.05) is 18.4 Å². The molecule has 0 atom stereocenters. The predicted octanol–water partition coefficient (Wildman–Crippen LogP) is 3.08. The Kier molecular flexibility index (Phi) is 7.61. The molecule has 6 heteroatoms. The third-order valence-electron chi connectivity index (χ3n) is 3.66. The van der Waals surface area contributed by atoms with E-state index in [0.29, 0.717) is 6.54 Å². The summed E-state index contributed by atoms with van der Waals surface area (Å²) in [5.41, 5.74) is 2.92. The first kappa shape index (κ1) is 19.4. The quantitative estimate of drug-likeness (QED) is 0.528. The number of amides is 1. The van der Waals surface area contributed by atoms with Crippen molar-refractivity contribution in [2.24, 2.45) is 4.99 Å². The van der Waals surface area contributed by atoms with E-state index in [1.165, 1.54) is 24.6 Å². The van der Waals surface area contributed by atoms with Crippen LogP contribution in [0.5, 0.6) is 0 Å². The average Bonchev–Trinajstić information content (AvgIpc) is 2.62. The molecule has 0 aliphatic carbocycles. The largest absolute Gasteiger partial charge is 0.357 e. The Bertz CT molecular complexity index is 726. The second-order valence-electron chi connectivity index (χ2n) is 5.88. The molecule has 0 radical (unpaired) electrons. The molecule has 2 rings (SSSR count). The Morgan fingerprint density at radius 2 is 1.65 bits per heavy atom. The van der Waals surface area contributed by atoms with Crippen molar-refractivity contribution in [3.05, 3.63) is 65.5 Å². The normalized spacial score (nSPS) is 11.1. The number of guanidine groups is 1. The van der Waals surface area contributed by atoms with Gasteiger partial charge in [-0.05, 0) is 48.7 Å². The van der Waals surface area contributed by atoms with E-state index in [2.05, 4.69) is 20.9 Å². The SMILES string of the molecule is CCNC(=NCc1ccc(F)cc1)NCCc1ccc(NC(C)=O)cc1. The highest BCUT2D eigenvalue weighted by Crippen LogP contribution is 2.09. The van der Waals surface area contributed by atoms with E-state index in [1.54, 1.807) is 12.1 Å². The lowest BCUT2D eigenvalue weighted by Gasteiger charge is -2.11. The highest BCUT2D eigenvalue weighted by atomic mass is 19.1. The highest BCUT2D eigenvalue weighted by Gasteiger charge is 2.00. The van der Waals surface area contributed by atoms with Crippen LogP contribution in [0.4, 0.5) is 10.1 Å². The molecule has 0 aliphatic rings. The Morgan fingerprint density at radius 1 is 1.00 bits per heavy atom. The Balaban J connectivity index is 1.84. The lowest BCUT2D eigenvalue weighted by Crippen LogP contribution is -2.38. The minimum Gasteiger partial charge on any atom is -0.357 e. The third kappa shape index (κ3) is 6.93. The molecule has 2 aromatic rings. The zero-order valence-electron chi connectivity index (χ0n) is 15.2. The molecule has 0 saturated heterocycles. The first-order chi connectivity index (χ1) is 12.6. The van der Waals surface area contributed by atoms with Gasteiger partial charge in [-0.2, -0.15) is 0 Å². The van der Waals surface area contributed by atoms with E-state index in [4.69, 9.17) is 0 Å². The van der Waals surface area contributed by atoms with Crippen LogP contribution in [0.25, 0.3) is 0 Å². The zero-order valence-corrected chi connectivity index (χ0v) is 15.2. The van der Waals surface area contributed by atoms with Gasteiger partial charge in [-0.15, -0.1) is 0 Å². The average molecular weight is 356 g/mol. The molecule has 0 saturated carbocycles. The van der Waals surface area contributed by atoms with E-state index >= 15 is 0 Å². The van der Waals surface area contributed by atoms with Crippen LogP contribution in [0, 0.1) is 5.82 Å². The number of anilines is 1. The number of nitrogens with one attached hydrogen (secondary N) is 3. The lowest BCUT2D eigenvalue weighted by atomic mass is 10.1. The summed E-state index contributed by atoms with van der Waals surface area (Å²) in [5, 5.41) is 9.24. The maximum absolute atomic E-state index is 12.9. The van der Waals surface area contributed by atoms with E-state index in [-0.39, 0.29) is 11.7 Å². The lowest BCUT2D eigenvalue weighted by molar-refractivity contribution is -0.114. The zero-order chi connectivity index (χ0) is 18.8. The highest BCUT2D eigenvalue weighted by molar-refractivity contribution is 5.88. The molecule has 0 spiro atoms. The number of hydrogen-bond donors (Lipinski definition) is 3. The van der Waals surface area contributed by atoms with Gasteiger partial charge in [0.25, 0.3) is 0 Å². The van der Waals surface area contributed by atoms with E-state index in [9.17, 15) is 9.18 Å². The van der Waals surface area contributed by atoms with Crippen molar-refractivity contribution in [2.45, 2.75) is 26.8 Å². The van der Waals surface area contributed by atoms with Crippen LogP contribution in [0.2, 0.25) is 0 Å². The molecule has 0 aliphatic heterocycles. The van der Waals surface area contributed by atoms with Crippen molar-refractivity contribution in [1.29, 1.82) is 0 Å². The van der Waals surface area contributed by atoms with Crippen molar-refractivity contribution >= 4 is 17.6 Å². The maximum atomic E-state index is 12.9. The summed E-state index contributed by atoms with van der Waals surface area (Å²) in [7, 11) is 0. The summed E-state index contributed by atoms with van der Waals surface area (Å²) in [6.45, 7) is 5.48. The van der Waals surface area contributed by atoms with Crippen LogP contribution >= 0.6 is 0 Å². The van der Waals surface area contributed by atoms with Crippen molar-refractivity contribution in [3.8, 4) is 0 Å². The fourth-order valence-electron chi connectivity index (χ4n) is 2.39. The van der Waals surface area contributed by atoms with Gasteiger partial charge in [-0.1, -0.05) is 24.3 Å². The summed E-state index contributed by atoms with van der Waals surface area (Å²) in [6, 6.07) is 14.1. The van der Waals surface area contributed by atoms with Crippen LogP contribution in [-0.4, -0.2) is 25.0 Å². The molecular formula is C20H25FN4O. The van der Waals surface area contributed by atoms with Crippen molar-refractivity contribution in [3.63, 3.8) is 0 Å². The number of carbonyl (C=O) groups excluding carboxylic acids is 1. The predicted molar refractivity (Wildman–Crippen MR) is 104 cm³/mol. The molecule has 26 heavy (non-hydrogen) atoms. The molecule has 0 aromatic heterocycles. The topological polar surface area (TPSA) is 65.5 Å². The minimum atomic E-state index is -0.243. The van der Waals surface area contributed by atoms with Gasteiger partial charge in [0.2, 0.25) is 5.91 Å². The fraction of sp³-hybridized carbons (Fsp3) is 0.300. The monoisotopic (exact) mass is 356 g/mol. The fourth-order valence-corrected chi connectivity index (χ4v) is 2.39. The second kappa shape index (κ2) is 10.2. The molecule has 3 N–H and O–H groups in total. The summed E-state index contributed by atoms with van der Waals surface area (Å²) >= 11 is 0. The summed E-state index contributed by atoms with van der Waals surface area (Å²) in [6.07, 6.45) is 0.835. The van der Waals surface area contributed by atoms with Gasteiger partial charge < -0.3 is 16.0 Å². The molecule has 138 valence electrons. The maximum Gasteiger partial charge on any atom is 0.221 e. The van der Waals surface area contributed by atoms with E-state index in [0.717, 1.165) is 36.7 Å². The van der Waals surface area contributed by atoms with Crippen molar-refractivity contribution in [1.82, 2.24) is 10.6 Å². The van der Waals surface area contributed by atoms with Crippen LogP contribution in [0.3, 0.4) is 0 Å². The van der Waals surface area contributed by atoms with Crippen LogP contribution in [-0.2, 0) is 17.8 Å². The Hall–Kier alpha value is -2.89. The number of carbonyl (C=O) groups is 1. The number of benzene rings is 2. The summed E-state index contributed by atoms with van der Waals surface area (Å²) < 4.78 is 12.9. The number of aliphatic imine (C=N–C) groups is 1. The molecule has 0 bridgehead atoms. The molecule has 0 heterocycles. The molecule has 1 amide bonds. The van der Waals surface area contributed by atoms with Gasteiger partial charge in [0, 0.05) is 25.7 Å². The smallest absolute Gasteiger partial charge is 0.221 e. The Labute approximate surface area is 153 Å². The third-order valence-corrected chi connectivity index (χ3v) is 3.66. The van der Waals surface area contributed by atoms with Crippen molar-refractivity contribution < 1.29 is 9.18 Å². The van der Waals surface area contributed by atoms with E-state index < -0.39 is 0 Å². The second-order valence-corrected chi connectivity index (χ2v) is 5.88. The molecular weight excluding hydrogens is 331 g/mol. The molecule has 2 aromatic carbocycles. The van der Waals surface area contributed by atoms with Gasteiger partial charge in [0.1, 0.15) is 5.82 Å². The summed E-state index contributed by atoms with van der Waals surface area (Å²) in [5.74, 6) is 0.408. The minimum absolute atomic E-state index is 0.0768. The molecule has 5 nitrogen and oxygen atoms in total. The van der Waals surface area contributed by atoms with Crippen LogP contribution in [0.15, 0.2) is 53.5 Å². The summed E-state index contributed by atoms with van der Waals surface area (Å²) in [4.78, 5) is 15.5. The van der Waals surface area contributed by atoms with Gasteiger partial charge >= 0.3 is 0 Å². The standard InChI is InChI=1S/C20H25FN4O/c1-3-22-20(24-14-17-4-8-18(21)9-5-17)23-13-12-16-6-10-19(11-7-16)25-15(2)26/h4-11H,3,12-14H2,1-2H3,(H,25,26)(H2,22,23,24).